The van der Waals surface area contributed by atoms with Gasteiger partial charge in [0.05, 0.1) is 12.2 Å². The molecule has 1 amide bonds. The van der Waals surface area contributed by atoms with Crippen LogP contribution in [-0.2, 0) is 4.79 Å². The second-order valence-corrected chi connectivity index (χ2v) is 2.82. The number of amides is 1. The smallest absolute Gasteiger partial charge is 0.238 e. The van der Waals surface area contributed by atoms with Crippen LogP contribution in [-0.4, -0.2) is 19.5 Å². The summed E-state index contributed by atoms with van der Waals surface area (Å²) >= 11 is 0. The van der Waals surface area contributed by atoms with E-state index < -0.39 is 5.82 Å². The number of carbonyl (C=O) groups excluding carboxylic acids is 1. The minimum absolute atomic E-state index is 0.102. The Labute approximate surface area is 81.3 Å². The molecule has 0 unspecified atom stereocenters. The Morgan fingerprint density at radius 2 is 2.29 bits per heavy atom. The highest BCUT2D eigenvalue weighted by Crippen LogP contribution is 2.16. The van der Waals surface area contributed by atoms with Gasteiger partial charge in [-0.15, -0.1) is 0 Å². The van der Waals surface area contributed by atoms with Crippen LogP contribution >= 0.6 is 0 Å². The van der Waals surface area contributed by atoms with Crippen molar-refractivity contribution in [2.24, 2.45) is 0 Å². The monoisotopic (exact) mass is 197 g/mol. The van der Waals surface area contributed by atoms with E-state index in [1.165, 1.54) is 18.2 Å². The first-order valence-corrected chi connectivity index (χ1v) is 4.13. The Hall–Kier alpha value is -1.62. The van der Waals surface area contributed by atoms with Crippen LogP contribution in [0.3, 0.4) is 0 Å². The molecule has 0 saturated carbocycles. The van der Waals surface area contributed by atoms with E-state index in [2.05, 4.69) is 10.6 Å². The Morgan fingerprint density at radius 3 is 2.93 bits per heavy atom. The van der Waals surface area contributed by atoms with E-state index in [0.717, 1.165) is 0 Å². The standard InChI is InChI=1S/C9H12FN3O/c1-12-5-9(14)13-8-4-6(11)2-3-7(8)10/h2-4,12H,5,11H2,1H3,(H,13,14). The molecule has 0 aromatic heterocycles. The molecule has 0 saturated heterocycles. The third kappa shape index (κ3) is 2.70. The van der Waals surface area contributed by atoms with Gasteiger partial charge in [0.1, 0.15) is 5.82 Å². The lowest BCUT2D eigenvalue weighted by atomic mass is 10.2. The molecule has 0 aliphatic rings. The number of rotatable bonds is 3. The molecule has 0 bridgehead atoms. The van der Waals surface area contributed by atoms with Crippen molar-refractivity contribution >= 4 is 17.3 Å². The van der Waals surface area contributed by atoms with E-state index in [-0.39, 0.29) is 18.1 Å². The largest absolute Gasteiger partial charge is 0.399 e. The maximum Gasteiger partial charge on any atom is 0.238 e. The zero-order chi connectivity index (χ0) is 10.6. The number of halogens is 1. The van der Waals surface area contributed by atoms with E-state index >= 15 is 0 Å². The fourth-order valence-electron chi connectivity index (χ4n) is 0.994. The van der Waals surface area contributed by atoms with E-state index in [0.29, 0.717) is 5.69 Å². The molecule has 14 heavy (non-hydrogen) atoms. The number of hydrogen-bond donors (Lipinski definition) is 3. The summed E-state index contributed by atoms with van der Waals surface area (Å²) in [5.74, 6) is -0.805. The predicted molar refractivity (Wildman–Crippen MR) is 53.4 cm³/mol. The van der Waals surface area contributed by atoms with Gasteiger partial charge in [-0.3, -0.25) is 4.79 Å². The Balaban J connectivity index is 2.75. The van der Waals surface area contributed by atoms with Gasteiger partial charge in [0.25, 0.3) is 0 Å². The van der Waals surface area contributed by atoms with Gasteiger partial charge in [-0.25, -0.2) is 4.39 Å². The molecule has 76 valence electrons. The summed E-state index contributed by atoms with van der Waals surface area (Å²) < 4.78 is 13.1. The summed E-state index contributed by atoms with van der Waals surface area (Å²) in [6.07, 6.45) is 0. The number of carbonyl (C=O) groups is 1. The van der Waals surface area contributed by atoms with Crippen LogP contribution in [0.2, 0.25) is 0 Å². The highest BCUT2D eigenvalue weighted by atomic mass is 19.1. The number of benzene rings is 1. The zero-order valence-electron chi connectivity index (χ0n) is 7.80. The molecule has 0 heterocycles. The Morgan fingerprint density at radius 1 is 1.57 bits per heavy atom. The highest BCUT2D eigenvalue weighted by molar-refractivity contribution is 5.92. The van der Waals surface area contributed by atoms with E-state index in [1.54, 1.807) is 7.05 Å². The summed E-state index contributed by atoms with van der Waals surface area (Å²) in [5.41, 5.74) is 5.95. The summed E-state index contributed by atoms with van der Waals surface area (Å²) in [6.45, 7) is 0.133. The molecule has 1 rings (SSSR count). The van der Waals surface area contributed by atoms with Gasteiger partial charge in [-0.05, 0) is 25.2 Å². The number of likely N-dealkylation sites (N-methyl/N-ethyl adjacent to an activating group) is 1. The minimum atomic E-state index is -0.497. The van der Waals surface area contributed by atoms with Crippen LogP contribution in [0.25, 0.3) is 0 Å². The average Bonchev–Trinajstić information content (AvgIpc) is 2.12. The molecule has 0 spiro atoms. The first-order valence-electron chi connectivity index (χ1n) is 4.13. The Kier molecular flexibility index (Phi) is 3.41. The van der Waals surface area contributed by atoms with E-state index in [4.69, 9.17) is 5.73 Å². The highest BCUT2D eigenvalue weighted by Gasteiger charge is 2.05. The van der Waals surface area contributed by atoms with Gasteiger partial charge in [0.2, 0.25) is 5.91 Å². The van der Waals surface area contributed by atoms with Gasteiger partial charge < -0.3 is 16.4 Å². The van der Waals surface area contributed by atoms with Crippen molar-refractivity contribution in [1.82, 2.24) is 5.32 Å². The first-order chi connectivity index (χ1) is 6.63. The number of hydrogen-bond acceptors (Lipinski definition) is 3. The number of anilines is 2. The molecule has 5 heteroatoms. The molecule has 0 atom stereocenters. The SMILES string of the molecule is CNCC(=O)Nc1cc(N)ccc1F. The second-order valence-electron chi connectivity index (χ2n) is 2.82. The van der Waals surface area contributed by atoms with Crippen LogP contribution in [0.15, 0.2) is 18.2 Å². The average molecular weight is 197 g/mol. The molecule has 4 N–H and O–H groups in total. The number of nitrogens with two attached hydrogens (primary N) is 1. The summed E-state index contributed by atoms with van der Waals surface area (Å²) in [6, 6.07) is 4.02. The van der Waals surface area contributed by atoms with Crippen LogP contribution in [0.5, 0.6) is 0 Å². The molecule has 0 fully saturated rings. The maximum atomic E-state index is 13.1. The minimum Gasteiger partial charge on any atom is -0.399 e. The second kappa shape index (κ2) is 4.57. The lowest BCUT2D eigenvalue weighted by Gasteiger charge is -2.06. The van der Waals surface area contributed by atoms with Crippen molar-refractivity contribution in [3.8, 4) is 0 Å². The van der Waals surface area contributed by atoms with E-state index in [1.807, 2.05) is 0 Å². The lowest BCUT2D eigenvalue weighted by Crippen LogP contribution is -2.25. The van der Waals surface area contributed by atoms with Crippen LogP contribution in [0, 0.1) is 5.82 Å². The molecule has 0 radical (unpaired) electrons. The quantitative estimate of drug-likeness (QED) is 0.620. The fraction of sp³-hybridized carbons (Fsp3) is 0.222. The van der Waals surface area contributed by atoms with Crippen molar-refractivity contribution in [1.29, 1.82) is 0 Å². The lowest BCUT2D eigenvalue weighted by molar-refractivity contribution is -0.115. The molecule has 1 aromatic carbocycles. The third-order valence-electron chi connectivity index (χ3n) is 1.60. The molecular weight excluding hydrogens is 185 g/mol. The molecular formula is C9H12FN3O. The molecule has 0 aliphatic heterocycles. The Bertz CT molecular complexity index is 341. The van der Waals surface area contributed by atoms with Crippen LogP contribution < -0.4 is 16.4 Å². The van der Waals surface area contributed by atoms with Crippen molar-refractivity contribution in [3.63, 3.8) is 0 Å². The normalized spacial score (nSPS) is 9.86. The van der Waals surface area contributed by atoms with Gasteiger partial charge in [0, 0.05) is 5.69 Å². The number of nitrogens with one attached hydrogen (secondary N) is 2. The molecule has 0 aliphatic carbocycles. The van der Waals surface area contributed by atoms with Gasteiger partial charge >= 0.3 is 0 Å². The van der Waals surface area contributed by atoms with Crippen LogP contribution in [0.4, 0.5) is 15.8 Å². The summed E-state index contributed by atoms with van der Waals surface area (Å²) in [7, 11) is 1.63. The van der Waals surface area contributed by atoms with Gasteiger partial charge in [0.15, 0.2) is 0 Å². The van der Waals surface area contributed by atoms with Crippen molar-refractivity contribution < 1.29 is 9.18 Å². The van der Waals surface area contributed by atoms with Crippen molar-refractivity contribution in [3.05, 3.63) is 24.0 Å². The van der Waals surface area contributed by atoms with Crippen LogP contribution in [0.1, 0.15) is 0 Å². The molecule has 4 nitrogen and oxygen atoms in total. The maximum absolute atomic E-state index is 13.1. The van der Waals surface area contributed by atoms with Crippen molar-refractivity contribution in [2.75, 3.05) is 24.6 Å². The third-order valence-corrected chi connectivity index (χ3v) is 1.60. The van der Waals surface area contributed by atoms with Gasteiger partial charge in [-0.2, -0.15) is 0 Å². The summed E-state index contributed by atoms with van der Waals surface area (Å²) in [4.78, 5) is 11.1. The number of nitrogen functional groups attached to an aromatic ring is 1. The summed E-state index contributed by atoms with van der Waals surface area (Å²) in [5, 5.41) is 5.05. The van der Waals surface area contributed by atoms with E-state index in [9.17, 15) is 9.18 Å². The first kappa shape index (κ1) is 10.5. The van der Waals surface area contributed by atoms with Gasteiger partial charge in [-0.1, -0.05) is 0 Å². The topological polar surface area (TPSA) is 67.2 Å². The fourth-order valence-corrected chi connectivity index (χ4v) is 0.994. The zero-order valence-corrected chi connectivity index (χ0v) is 7.80. The predicted octanol–water partition coefficient (Wildman–Crippen LogP) is 0.566. The van der Waals surface area contributed by atoms with Crippen molar-refractivity contribution in [2.45, 2.75) is 0 Å². The molecule has 1 aromatic rings.